The van der Waals surface area contributed by atoms with Gasteiger partial charge in [-0.25, -0.2) is 9.59 Å². The molecule has 102 valence electrons. The molecule has 0 spiro atoms. The van der Waals surface area contributed by atoms with E-state index in [-0.39, 0.29) is 11.1 Å². The van der Waals surface area contributed by atoms with Crippen molar-refractivity contribution in [3.05, 3.63) is 59.7 Å². The lowest BCUT2D eigenvalue weighted by Crippen LogP contribution is -2.14. The first-order chi connectivity index (χ1) is 9.69. The molecule has 20 heavy (non-hydrogen) atoms. The Bertz CT molecular complexity index is 598. The van der Waals surface area contributed by atoms with Gasteiger partial charge in [0.2, 0.25) is 0 Å². The Kier molecular flexibility index (Phi) is 4.09. The first-order valence-corrected chi connectivity index (χ1v) is 5.69. The van der Waals surface area contributed by atoms with Crippen LogP contribution in [0.1, 0.15) is 20.7 Å². The van der Waals surface area contributed by atoms with Gasteiger partial charge in [-0.1, -0.05) is 36.4 Å². The molecule has 2 aromatic carbocycles. The highest BCUT2D eigenvalue weighted by molar-refractivity contribution is 6.03. The van der Waals surface area contributed by atoms with Crippen molar-refractivity contribution in [3.63, 3.8) is 0 Å². The Hall–Kier alpha value is -2.70. The van der Waals surface area contributed by atoms with Crippen LogP contribution in [-0.4, -0.2) is 11.9 Å². The number of nitrogens with two attached hydrogens (primary N) is 2. The summed E-state index contributed by atoms with van der Waals surface area (Å²) in [5.74, 6) is 8.43. The fourth-order valence-electron chi connectivity index (χ4n) is 1.92. The third-order valence-electron chi connectivity index (χ3n) is 2.80. The van der Waals surface area contributed by atoms with Crippen molar-refractivity contribution in [1.82, 2.24) is 0 Å². The second-order valence-corrected chi connectivity index (χ2v) is 3.90. The molecule has 0 fully saturated rings. The van der Waals surface area contributed by atoms with E-state index in [0.29, 0.717) is 11.1 Å². The zero-order valence-corrected chi connectivity index (χ0v) is 10.4. The van der Waals surface area contributed by atoms with Gasteiger partial charge < -0.3 is 9.68 Å². The van der Waals surface area contributed by atoms with Crippen molar-refractivity contribution in [2.75, 3.05) is 0 Å². The van der Waals surface area contributed by atoms with E-state index in [0.717, 1.165) is 0 Å². The second-order valence-electron chi connectivity index (χ2n) is 3.90. The summed E-state index contributed by atoms with van der Waals surface area (Å²) < 4.78 is 0. The van der Waals surface area contributed by atoms with E-state index in [1.807, 2.05) is 0 Å². The van der Waals surface area contributed by atoms with Gasteiger partial charge >= 0.3 is 11.9 Å². The van der Waals surface area contributed by atoms with E-state index in [9.17, 15) is 9.59 Å². The third kappa shape index (κ3) is 2.51. The lowest BCUT2D eigenvalue weighted by atomic mass is 9.95. The molecule has 0 bridgehead atoms. The van der Waals surface area contributed by atoms with Crippen LogP contribution in [0.25, 0.3) is 11.1 Å². The predicted molar refractivity (Wildman–Crippen MR) is 71.1 cm³/mol. The zero-order valence-electron chi connectivity index (χ0n) is 10.4. The van der Waals surface area contributed by atoms with E-state index in [2.05, 4.69) is 9.68 Å². The maximum absolute atomic E-state index is 11.7. The van der Waals surface area contributed by atoms with E-state index >= 15 is 0 Å². The first kappa shape index (κ1) is 13.7. The minimum Gasteiger partial charge on any atom is -0.370 e. The topological polar surface area (TPSA) is 105 Å². The molecule has 4 N–H and O–H groups in total. The fraction of sp³-hybridized carbons (Fsp3) is 0. The molecular formula is C14H12N2O4. The predicted octanol–water partition coefficient (Wildman–Crippen LogP) is 1.41. The van der Waals surface area contributed by atoms with Gasteiger partial charge in [-0.3, -0.25) is 0 Å². The quantitative estimate of drug-likeness (QED) is 0.818. The number of benzene rings is 2. The van der Waals surface area contributed by atoms with Gasteiger partial charge in [-0.05, 0) is 23.3 Å². The number of carbonyl (C=O) groups is 2. The van der Waals surface area contributed by atoms with Crippen LogP contribution in [0.4, 0.5) is 0 Å². The van der Waals surface area contributed by atoms with Crippen molar-refractivity contribution in [2.24, 2.45) is 11.8 Å². The van der Waals surface area contributed by atoms with Gasteiger partial charge in [0.25, 0.3) is 0 Å². The van der Waals surface area contributed by atoms with Crippen LogP contribution in [0.2, 0.25) is 0 Å². The molecule has 0 saturated heterocycles. The Morgan fingerprint density at radius 3 is 1.40 bits per heavy atom. The second kappa shape index (κ2) is 5.96. The average molecular weight is 272 g/mol. The summed E-state index contributed by atoms with van der Waals surface area (Å²) in [4.78, 5) is 31.8. The smallest absolute Gasteiger partial charge is 0.357 e. The van der Waals surface area contributed by atoms with Gasteiger partial charge in [0, 0.05) is 0 Å². The van der Waals surface area contributed by atoms with Crippen LogP contribution in [0, 0.1) is 0 Å². The molecule has 0 amide bonds. The molecule has 6 nitrogen and oxygen atoms in total. The van der Waals surface area contributed by atoms with Gasteiger partial charge in [-0.2, -0.15) is 11.8 Å². The monoisotopic (exact) mass is 272 g/mol. The molecule has 0 unspecified atom stereocenters. The Morgan fingerprint density at radius 2 is 1.05 bits per heavy atom. The molecule has 2 aromatic rings. The number of rotatable bonds is 3. The van der Waals surface area contributed by atoms with Crippen molar-refractivity contribution in [3.8, 4) is 11.1 Å². The number of carbonyl (C=O) groups excluding carboxylic acids is 2. The zero-order chi connectivity index (χ0) is 14.5. The van der Waals surface area contributed by atoms with E-state index in [1.165, 1.54) is 0 Å². The lowest BCUT2D eigenvalue weighted by Gasteiger charge is -2.10. The average Bonchev–Trinajstić information content (AvgIpc) is 2.53. The first-order valence-electron chi connectivity index (χ1n) is 5.69. The number of hydrogen-bond acceptors (Lipinski definition) is 6. The summed E-state index contributed by atoms with van der Waals surface area (Å²) in [6.07, 6.45) is 0. The molecule has 6 heteroatoms. The molecule has 0 radical (unpaired) electrons. The van der Waals surface area contributed by atoms with Crippen LogP contribution in [0.15, 0.2) is 48.5 Å². The van der Waals surface area contributed by atoms with Crippen LogP contribution < -0.4 is 11.8 Å². The summed E-state index contributed by atoms with van der Waals surface area (Å²) in [7, 11) is 0. The molecular weight excluding hydrogens is 260 g/mol. The van der Waals surface area contributed by atoms with E-state index in [4.69, 9.17) is 11.8 Å². The SMILES string of the molecule is NOC(=O)c1ccccc1-c1ccccc1C(=O)ON. The molecule has 0 atom stereocenters. The van der Waals surface area contributed by atoms with E-state index in [1.54, 1.807) is 48.5 Å². The minimum absolute atomic E-state index is 0.243. The molecule has 0 aliphatic heterocycles. The third-order valence-corrected chi connectivity index (χ3v) is 2.80. The summed E-state index contributed by atoms with van der Waals surface area (Å²) in [5, 5.41) is 0. The van der Waals surface area contributed by atoms with Crippen LogP contribution >= 0.6 is 0 Å². The van der Waals surface area contributed by atoms with Gasteiger partial charge in [-0.15, -0.1) is 0 Å². The summed E-state index contributed by atoms with van der Waals surface area (Å²) in [6, 6.07) is 13.2. The van der Waals surface area contributed by atoms with Crippen LogP contribution in [-0.2, 0) is 9.68 Å². The normalized spacial score (nSPS) is 9.90. The highest BCUT2D eigenvalue weighted by Crippen LogP contribution is 2.27. The Labute approximate surface area is 114 Å². The molecule has 0 aliphatic rings. The molecule has 0 heterocycles. The van der Waals surface area contributed by atoms with Crippen molar-refractivity contribution in [1.29, 1.82) is 0 Å². The van der Waals surface area contributed by atoms with Crippen LogP contribution in [0.5, 0.6) is 0 Å². The summed E-state index contributed by atoms with van der Waals surface area (Å²) in [5.41, 5.74) is 1.49. The Morgan fingerprint density at radius 1 is 0.700 bits per heavy atom. The highest BCUT2D eigenvalue weighted by atomic mass is 16.7. The maximum Gasteiger partial charge on any atom is 0.357 e. The summed E-state index contributed by atoms with van der Waals surface area (Å²) >= 11 is 0. The van der Waals surface area contributed by atoms with Crippen molar-refractivity contribution in [2.45, 2.75) is 0 Å². The minimum atomic E-state index is -0.698. The maximum atomic E-state index is 11.7. The van der Waals surface area contributed by atoms with Crippen molar-refractivity contribution >= 4 is 11.9 Å². The molecule has 0 aliphatic carbocycles. The van der Waals surface area contributed by atoms with E-state index < -0.39 is 11.9 Å². The largest absolute Gasteiger partial charge is 0.370 e. The standard InChI is InChI=1S/C14H12N2O4/c15-19-13(17)11-7-3-1-5-9(11)10-6-2-4-8-12(10)14(18)20-16/h1-8H,15-16H2. The van der Waals surface area contributed by atoms with Gasteiger partial charge in [0.1, 0.15) is 0 Å². The molecule has 2 rings (SSSR count). The Balaban J connectivity index is 2.64. The summed E-state index contributed by atoms with van der Waals surface area (Å²) in [6.45, 7) is 0. The fourth-order valence-corrected chi connectivity index (χ4v) is 1.92. The van der Waals surface area contributed by atoms with Crippen LogP contribution in [0.3, 0.4) is 0 Å². The highest BCUT2D eigenvalue weighted by Gasteiger charge is 2.18. The van der Waals surface area contributed by atoms with Gasteiger partial charge in [0.05, 0.1) is 11.1 Å². The number of hydrogen-bond donors (Lipinski definition) is 2. The molecule has 0 aromatic heterocycles. The van der Waals surface area contributed by atoms with Gasteiger partial charge in [0.15, 0.2) is 0 Å². The lowest BCUT2D eigenvalue weighted by molar-refractivity contribution is 0.0493. The molecule has 0 saturated carbocycles. The van der Waals surface area contributed by atoms with Crippen molar-refractivity contribution < 1.29 is 19.3 Å².